The van der Waals surface area contributed by atoms with Gasteiger partial charge in [-0.15, -0.1) is 11.3 Å². The summed E-state index contributed by atoms with van der Waals surface area (Å²) in [6, 6.07) is 74.3. The molecule has 11 aromatic rings. The summed E-state index contributed by atoms with van der Waals surface area (Å²) < 4.78 is 9.01. The molecule has 0 saturated heterocycles. The van der Waals surface area contributed by atoms with E-state index in [2.05, 4.69) is 207 Å². The van der Waals surface area contributed by atoms with Crippen LogP contribution in [0.3, 0.4) is 0 Å². The number of hydrogen-bond donors (Lipinski definition) is 0. The molecule has 61 heavy (non-hydrogen) atoms. The van der Waals surface area contributed by atoms with E-state index in [-0.39, 0.29) is 5.41 Å². The van der Waals surface area contributed by atoms with Crippen LogP contribution >= 0.6 is 11.3 Å². The Kier molecular flexibility index (Phi) is 7.19. The van der Waals surface area contributed by atoms with Crippen molar-refractivity contribution in [2.75, 3.05) is 4.90 Å². The van der Waals surface area contributed by atoms with Crippen LogP contribution in [0.2, 0.25) is 0 Å². The Hall–Kier alpha value is -7.20. The second-order valence-corrected chi connectivity index (χ2v) is 18.3. The predicted molar refractivity (Wildman–Crippen MR) is 256 cm³/mol. The van der Waals surface area contributed by atoms with Crippen LogP contribution in [-0.4, -0.2) is 0 Å². The highest BCUT2D eigenvalue weighted by atomic mass is 32.1. The molecule has 2 aromatic heterocycles. The highest BCUT2D eigenvalue weighted by Crippen LogP contribution is 2.62. The lowest BCUT2D eigenvalue weighted by molar-refractivity contribution is 0.563. The number of furan rings is 1. The fourth-order valence-corrected chi connectivity index (χ4v) is 12.1. The van der Waals surface area contributed by atoms with Gasteiger partial charge in [0, 0.05) is 59.5 Å². The zero-order chi connectivity index (χ0) is 40.5. The smallest absolute Gasteiger partial charge is 0.137 e. The predicted octanol–water partition coefficient (Wildman–Crippen LogP) is 16.1. The Balaban J connectivity index is 0.972. The van der Waals surface area contributed by atoms with Gasteiger partial charge < -0.3 is 9.32 Å². The second kappa shape index (κ2) is 12.7. The van der Waals surface area contributed by atoms with Crippen LogP contribution in [0.4, 0.5) is 17.1 Å². The van der Waals surface area contributed by atoms with Gasteiger partial charge in [0.15, 0.2) is 0 Å². The van der Waals surface area contributed by atoms with E-state index in [0.29, 0.717) is 0 Å². The molecule has 9 aromatic carbocycles. The molecule has 0 unspecified atom stereocenters. The number of para-hydroxylation sites is 1. The molecule has 2 aliphatic carbocycles. The van der Waals surface area contributed by atoms with Crippen molar-refractivity contribution < 1.29 is 4.42 Å². The lowest BCUT2D eigenvalue weighted by atomic mass is 9.55. The van der Waals surface area contributed by atoms with Crippen LogP contribution in [0.1, 0.15) is 47.2 Å². The number of thiophene rings is 1. The Morgan fingerprint density at radius 3 is 1.69 bits per heavy atom. The van der Waals surface area contributed by atoms with E-state index in [1.807, 2.05) is 23.5 Å². The summed E-state index contributed by atoms with van der Waals surface area (Å²) >= 11 is 1.85. The Labute approximate surface area is 358 Å². The average Bonchev–Trinajstić information content (AvgIpc) is 3.96. The standard InChI is InChI=1S/C58H39NOS/c1-57(2)48-17-7-9-19-50(48)58(51-20-10-8-18-49(51)57)47-16-6-3-13-41(47)42-30-25-37(33-52(42)58)36-23-26-38(27-24-36)59(39-28-31-44-43-14-4-11-21-53(43)60-54(44)34-39)40-29-32-46-45-15-5-12-22-55(45)61-56(46)35-40/h3-35H,1-2H3. The molecule has 3 heteroatoms. The number of hydrogen-bond acceptors (Lipinski definition) is 3. The molecule has 0 atom stereocenters. The summed E-state index contributed by atoms with van der Waals surface area (Å²) in [6.07, 6.45) is 0. The summed E-state index contributed by atoms with van der Waals surface area (Å²) in [7, 11) is 0. The van der Waals surface area contributed by atoms with Crippen molar-refractivity contribution in [3.63, 3.8) is 0 Å². The SMILES string of the molecule is CC1(C)c2ccccc2C2(c3ccccc3-c3ccc(-c4ccc(N(c5ccc6c(c5)oc5ccccc56)c5ccc6c(c5)sc5ccccc56)cc4)cc32)c2ccccc21. The number of nitrogens with zero attached hydrogens (tertiary/aromatic N) is 1. The van der Waals surface area contributed by atoms with Crippen LogP contribution in [0.15, 0.2) is 205 Å². The van der Waals surface area contributed by atoms with Gasteiger partial charge in [-0.25, -0.2) is 0 Å². The van der Waals surface area contributed by atoms with Gasteiger partial charge in [-0.3, -0.25) is 0 Å². The number of benzene rings is 9. The quantitative estimate of drug-likeness (QED) is 0.176. The van der Waals surface area contributed by atoms with Gasteiger partial charge in [0.25, 0.3) is 0 Å². The summed E-state index contributed by atoms with van der Waals surface area (Å²) in [4.78, 5) is 2.37. The maximum Gasteiger partial charge on any atom is 0.137 e. The third-order valence-corrected chi connectivity index (χ3v) is 14.9. The van der Waals surface area contributed by atoms with Gasteiger partial charge in [-0.05, 0) is 110 Å². The van der Waals surface area contributed by atoms with Crippen molar-refractivity contribution in [2.45, 2.75) is 24.7 Å². The lowest BCUT2D eigenvalue weighted by Gasteiger charge is -2.46. The molecule has 0 radical (unpaired) electrons. The van der Waals surface area contributed by atoms with Gasteiger partial charge in [-0.1, -0.05) is 153 Å². The van der Waals surface area contributed by atoms with E-state index in [1.54, 1.807) is 0 Å². The molecule has 1 spiro atoms. The van der Waals surface area contributed by atoms with Crippen LogP contribution in [-0.2, 0) is 10.8 Å². The zero-order valence-corrected chi connectivity index (χ0v) is 34.6. The molecule has 2 nitrogen and oxygen atoms in total. The highest BCUT2D eigenvalue weighted by molar-refractivity contribution is 7.25. The van der Waals surface area contributed by atoms with Crippen molar-refractivity contribution >= 4 is 70.5 Å². The van der Waals surface area contributed by atoms with Crippen LogP contribution < -0.4 is 4.90 Å². The molecule has 0 N–H and O–H groups in total. The van der Waals surface area contributed by atoms with E-state index < -0.39 is 5.41 Å². The fraction of sp³-hybridized carbons (Fsp3) is 0.0690. The minimum absolute atomic E-state index is 0.133. The first-order valence-corrected chi connectivity index (χ1v) is 22.0. The number of rotatable bonds is 4. The third-order valence-electron chi connectivity index (χ3n) is 13.8. The van der Waals surface area contributed by atoms with Crippen molar-refractivity contribution in [3.05, 3.63) is 234 Å². The molecule has 0 amide bonds. The van der Waals surface area contributed by atoms with Crippen molar-refractivity contribution in [2.24, 2.45) is 0 Å². The molecular formula is C58H39NOS. The molecule has 0 bridgehead atoms. The molecule has 288 valence electrons. The maximum atomic E-state index is 6.44. The first-order chi connectivity index (χ1) is 30.0. The Bertz CT molecular complexity index is 3420. The average molecular weight is 798 g/mol. The van der Waals surface area contributed by atoms with Gasteiger partial charge >= 0.3 is 0 Å². The number of fused-ring (bicyclic) bond motifs is 15. The Morgan fingerprint density at radius 2 is 0.918 bits per heavy atom. The van der Waals surface area contributed by atoms with Crippen molar-refractivity contribution in [1.29, 1.82) is 0 Å². The molecule has 0 fully saturated rings. The lowest BCUT2D eigenvalue weighted by Crippen LogP contribution is -2.40. The summed E-state index contributed by atoms with van der Waals surface area (Å²) in [5.74, 6) is 0. The fourth-order valence-electron chi connectivity index (χ4n) is 11.0. The largest absolute Gasteiger partial charge is 0.456 e. The first-order valence-electron chi connectivity index (χ1n) is 21.2. The summed E-state index contributed by atoms with van der Waals surface area (Å²) in [5.41, 5.74) is 17.7. The molecule has 2 heterocycles. The molecule has 0 saturated carbocycles. The van der Waals surface area contributed by atoms with Gasteiger partial charge in [0.1, 0.15) is 11.2 Å². The molecule has 13 rings (SSSR count). The first kappa shape index (κ1) is 34.6. The molecule has 0 aliphatic heterocycles. The second-order valence-electron chi connectivity index (χ2n) is 17.2. The molecular weight excluding hydrogens is 759 g/mol. The topological polar surface area (TPSA) is 16.4 Å². The minimum atomic E-state index is -0.429. The number of anilines is 3. The van der Waals surface area contributed by atoms with Crippen LogP contribution in [0, 0.1) is 0 Å². The van der Waals surface area contributed by atoms with E-state index in [1.165, 1.54) is 75.8 Å². The summed E-state index contributed by atoms with van der Waals surface area (Å²) in [5, 5.41) is 4.85. The maximum absolute atomic E-state index is 6.44. The van der Waals surface area contributed by atoms with Crippen LogP contribution in [0.5, 0.6) is 0 Å². The van der Waals surface area contributed by atoms with E-state index in [0.717, 1.165) is 39.0 Å². The van der Waals surface area contributed by atoms with Gasteiger partial charge in [-0.2, -0.15) is 0 Å². The van der Waals surface area contributed by atoms with Gasteiger partial charge in [0.2, 0.25) is 0 Å². The third kappa shape index (κ3) is 4.78. The Morgan fingerprint density at radius 1 is 0.377 bits per heavy atom. The van der Waals surface area contributed by atoms with Crippen LogP contribution in [0.25, 0.3) is 64.4 Å². The van der Waals surface area contributed by atoms with Gasteiger partial charge in [0.05, 0.1) is 5.41 Å². The monoisotopic (exact) mass is 797 g/mol. The van der Waals surface area contributed by atoms with E-state index in [9.17, 15) is 0 Å². The van der Waals surface area contributed by atoms with Crippen molar-refractivity contribution in [3.8, 4) is 22.3 Å². The highest BCUT2D eigenvalue weighted by Gasteiger charge is 2.53. The minimum Gasteiger partial charge on any atom is -0.456 e. The van der Waals surface area contributed by atoms with E-state index >= 15 is 0 Å². The normalized spacial score (nSPS) is 14.3. The summed E-state index contributed by atoms with van der Waals surface area (Å²) in [6.45, 7) is 4.77. The van der Waals surface area contributed by atoms with E-state index in [4.69, 9.17) is 4.42 Å². The zero-order valence-electron chi connectivity index (χ0n) is 33.8. The molecule has 2 aliphatic rings. The van der Waals surface area contributed by atoms with Crippen molar-refractivity contribution in [1.82, 2.24) is 0 Å².